The molecule has 3 nitrogen and oxygen atoms in total. The van der Waals surface area contributed by atoms with Gasteiger partial charge in [-0.3, -0.25) is 4.90 Å². The molecule has 2 rings (SSSR count). The topological polar surface area (TPSA) is 24.5 Å². The van der Waals surface area contributed by atoms with Crippen molar-refractivity contribution in [1.82, 2.24) is 4.90 Å². The Kier molecular flexibility index (Phi) is 5.02. The highest BCUT2D eigenvalue weighted by Gasteiger charge is 2.27. The van der Waals surface area contributed by atoms with Crippen molar-refractivity contribution in [2.24, 2.45) is 0 Å². The van der Waals surface area contributed by atoms with Crippen molar-refractivity contribution in [3.05, 3.63) is 29.8 Å². The summed E-state index contributed by atoms with van der Waals surface area (Å²) < 4.78 is 5.17. The lowest BCUT2D eigenvalue weighted by molar-refractivity contribution is 0.146. The van der Waals surface area contributed by atoms with Gasteiger partial charge in [0, 0.05) is 38.5 Å². The largest absolute Gasteiger partial charge is 0.384 e. The average Bonchev–Trinajstić information content (AvgIpc) is 3.20. The lowest BCUT2D eigenvalue weighted by atomic mass is 10.2. The first-order valence-electron chi connectivity index (χ1n) is 6.83. The summed E-state index contributed by atoms with van der Waals surface area (Å²) in [6.07, 6.45) is 2.71. The van der Waals surface area contributed by atoms with E-state index in [9.17, 15) is 0 Å². The number of para-hydroxylation sites is 1. The Bertz CT molecular complexity index is 363. The first-order chi connectivity index (χ1) is 8.81. The molecule has 1 aromatic carbocycles. The van der Waals surface area contributed by atoms with Crippen LogP contribution in [-0.2, 0) is 4.74 Å². The van der Waals surface area contributed by atoms with E-state index in [-0.39, 0.29) is 0 Å². The van der Waals surface area contributed by atoms with E-state index in [0.717, 1.165) is 32.3 Å². The van der Waals surface area contributed by atoms with Crippen molar-refractivity contribution < 1.29 is 4.74 Å². The minimum Gasteiger partial charge on any atom is -0.384 e. The molecule has 0 spiro atoms. The van der Waals surface area contributed by atoms with Crippen LogP contribution in [0.1, 0.15) is 18.4 Å². The van der Waals surface area contributed by atoms with Crippen molar-refractivity contribution in [3.63, 3.8) is 0 Å². The SMILES string of the molecule is COCCN(CCNc1ccccc1C)C1CC1. The van der Waals surface area contributed by atoms with Crippen LogP contribution in [0.15, 0.2) is 24.3 Å². The van der Waals surface area contributed by atoms with Crippen LogP contribution in [0.4, 0.5) is 5.69 Å². The van der Waals surface area contributed by atoms with Gasteiger partial charge in [-0.1, -0.05) is 18.2 Å². The minimum absolute atomic E-state index is 0.804. The average molecular weight is 248 g/mol. The molecule has 0 aliphatic heterocycles. The normalized spacial score (nSPS) is 15.1. The van der Waals surface area contributed by atoms with E-state index in [0.29, 0.717) is 0 Å². The van der Waals surface area contributed by atoms with E-state index in [1.165, 1.54) is 24.1 Å². The number of nitrogens with one attached hydrogen (secondary N) is 1. The number of hydrogen-bond acceptors (Lipinski definition) is 3. The maximum Gasteiger partial charge on any atom is 0.0589 e. The summed E-state index contributed by atoms with van der Waals surface area (Å²) in [5.74, 6) is 0. The third kappa shape index (κ3) is 4.00. The van der Waals surface area contributed by atoms with E-state index in [2.05, 4.69) is 41.4 Å². The molecular formula is C15H24N2O. The number of hydrogen-bond donors (Lipinski definition) is 1. The first kappa shape index (κ1) is 13.4. The van der Waals surface area contributed by atoms with Gasteiger partial charge in [-0.05, 0) is 31.4 Å². The fraction of sp³-hybridized carbons (Fsp3) is 0.600. The van der Waals surface area contributed by atoms with Crippen LogP contribution in [0, 0.1) is 6.92 Å². The molecule has 1 aromatic rings. The number of methoxy groups -OCH3 is 1. The molecule has 1 aliphatic carbocycles. The van der Waals surface area contributed by atoms with Gasteiger partial charge in [0.15, 0.2) is 0 Å². The van der Waals surface area contributed by atoms with Crippen molar-refractivity contribution in [2.75, 3.05) is 38.7 Å². The van der Waals surface area contributed by atoms with Crippen LogP contribution in [0.5, 0.6) is 0 Å². The number of rotatable bonds is 8. The lowest BCUT2D eigenvalue weighted by Crippen LogP contribution is -2.34. The number of benzene rings is 1. The van der Waals surface area contributed by atoms with Gasteiger partial charge in [-0.15, -0.1) is 0 Å². The molecule has 1 saturated carbocycles. The Morgan fingerprint density at radius 2 is 2.06 bits per heavy atom. The number of anilines is 1. The first-order valence-corrected chi connectivity index (χ1v) is 6.83. The van der Waals surface area contributed by atoms with Crippen molar-refractivity contribution >= 4 is 5.69 Å². The lowest BCUT2D eigenvalue weighted by Gasteiger charge is -2.22. The standard InChI is InChI=1S/C15H24N2O/c1-13-5-3-4-6-15(13)16-9-10-17(11-12-18-2)14-7-8-14/h3-6,14,16H,7-12H2,1-2H3. The molecule has 3 heteroatoms. The van der Waals surface area contributed by atoms with Gasteiger partial charge < -0.3 is 10.1 Å². The second-order valence-electron chi connectivity index (χ2n) is 5.00. The third-order valence-electron chi connectivity index (χ3n) is 3.51. The quantitative estimate of drug-likeness (QED) is 0.765. The monoisotopic (exact) mass is 248 g/mol. The Balaban J connectivity index is 1.74. The summed E-state index contributed by atoms with van der Waals surface area (Å²) in [6, 6.07) is 9.26. The molecule has 100 valence electrons. The molecule has 0 aromatic heterocycles. The van der Waals surface area contributed by atoms with Gasteiger partial charge in [0.1, 0.15) is 0 Å². The second-order valence-corrected chi connectivity index (χ2v) is 5.00. The summed E-state index contributed by atoms with van der Waals surface area (Å²) in [7, 11) is 1.77. The molecule has 1 fully saturated rings. The van der Waals surface area contributed by atoms with E-state index in [1.54, 1.807) is 7.11 Å². The number of aryl methyl sites for hydroxylation is 1. The zero-order valence-electron chi connectivity index (χ0n) is 11.5. The smallest absolute Gasteiger partial charge is 0.0589 e. The zero-order valence-corrected chi connectivity index (χ0v) is 11.5. The fourth-order valence-electron chi connectivity index (χ4n) is 2.23. The van der Waals surface area contributed by atoms with Gasteiger partial charge in [0.25, 0.3) is 0 Å². The van der Waals surface area contributed by atoms with Gasteiger partial charge in [0.2, 0.25) is 0 Å². The summed E-state index contributed by atoms with van der Waals surface area (Å²) in [5.41, 5.74) is 2.56. The molecule has 0 amide bonds. The van der Waals surface area contributed by atoms with E-state index in [4.69, 9.17) is 4.74 Å². The Labute approximate surface area is 110 Å². The van der Waals surface area contributed by atoms with Crippen molar-refractivity contribution in [1.29, 1.82) is 0 Å². The Hall–Kier alpha value is -1.06. The maximum absolute atomic E-state index is 5.17. The Morgan fingerprint density at radius 1 is 1.28 bits per heavy atom. The highest BCUT2D eigenvalue weighted by atomic mass is 16.5. The molecule has 0 bridgehead atoms. The molecule has 1 aliphatic rings. The van der Waals surface area contributed by atoms with E-state index < -0.39 is 0 Å². The molecule has 0 heterocycles. The maximum atomic E-state index is 5.17. The van der Waals surface area contributed by atoms with Crippen LogP contribution >= 0.6 is 0 Å². The van der Waals surface area contributed by atoms with Gasteiger partial charge in [-0.25, -0.2) is 0 Å². The molecule has 18 heavy (non-hydrogen) atoms. The number of ether oxygens (including phenoxy) is 1. The highest BCUT2D eigenvalue weighted by molar-refractivity contribution is 5.50. The predicted molar refractivity (Wildman–Crippen MR) is 76.1 cm³/mol. The van der Waals surface area contributed by atoms with Crippen molar-refractivity contribution in [2.45, 2.75) is 25.8 Å². The van der Waals surface area contributed by atoms with E-state index >= 15 is 0 Å². The predicted octanol–water partition coefficient (Wildman–Crippen LogP) is 2.52. The third-order valence-corrected chi connectivity index (χ3v) is 3.51. The van der Waals surface area contributed by atoms with Crippen LogP contribution < -0.4 is 5.32 Å². The molecule has 0 unspecified atom stereocenters. The van der Waals surface area contributed by atoms with Gasteiger partial charge >= 0.3 is 0 Å². The summed E-state index contributed by atoms with van der Waals surface area (Å²) >= 11 is 0. The summed E-state index contributed by atoms with van der Waals surface area (Å²) in [5, 5.41) is 3.52. The van der Waals surface area contributed by atoms with Gasteiger partial charge in [0.05, 0.1) is 6.61 Å². The number of nitrogens with zero attached hydrogens (tertiary/aromatic N) is 1. The van der Waals surface area contributed by atoms with Crippen LogP contribution in [0.3, 0.4) is 0 Å². The van der Waals surface area contributed by atoms with Gasteiger partial charge in [-0.2, -0.15) is 0 Å². The van der Waals surface area contributed by atoms with Crippen LogP contribution in [0.25, 0.3) is 0 Å². The minimum atomic E-state index is 0.804. The van der Waals surface area contributed by atoms with Crippen LogP contribution in [0.2, 0.25) is 0 Å². The molecular weight excluding hydrogens is 224 g/mol. The second kappa shape index (κ2) is 6.76. The molecule has 1 N–H and O–H groups in total. The van der Waals surface area contributed by atoms with Crippen molar-refractivity contribution in [3.8, 4) is 0 Å². The highest BCUT2D eigenvalue weighted by Crippen LogP contribution is 2.26. The Morgan fingerprint density at radius 3 is 2.72 bits per heavy atom. The summed E-state index contributed by atoms with van der Waals surface area (Å²) in [4.78, 5) is 2.54. The fourth-order valence-corrected chi connectivity index (χ4v) is 2.23. The summed E-state index contributed by atoms with van der Waals surface area (Å²) in [6.45, 7) is 6.14. The molecule has 0 radical (unpaired) electrons. The molecule has 0 atom stereocenters. The van der Waals surface area contributed by atoms with Crippen LogP contribution in [-0.4, -0.2) is 44.3 Å². The zero-order chi connectivity index (χ0) is 12.8. The van der Waals surface area contributed by atoms with E-state index in [1.807, 2.05) is 0 Å². The molecule has 0 saturated heterocycles.